The highest BCUT2D eigenvalue weighted by molar-refractivity contribution is 14.0. The molecular weight excluding hydrogens is 501 g/mol. The Kier molecular flexibility index (Phi) is 8.69. The van der Waals surface area contributed by atoms with E-state index in [0.29, 0.717) is 6.54 Å². The second kappa shape index (κ2) is 11.7. The molecule has 0 aliphatic carbocycles. The van der Waals surface area contributed by atoms with E-state index in [4.69, 9.17) is 4.99 Å². The lowest BCUT2D eigenvalue weighted by atomic mass is 10.1. The quantitative estimate of drug-likeness (QED) is 0.301. The molecular formula is C23H30IN7. The highest BCUT2D eigenvalue weighted by Crippen LogP contribution is 2.13. The van der Waals surface area contributed by atoms with Gasteiger partial charge in [0.1, 0.15) is 5.82 Å². The lowest BCUT2D eigenvalue weighted by Crippen LogP contribution is -2.52. The van der Waals surface area contributed by atoms with E-state index in [-0.39, 0.29) is 24.0 Å². The summed E-state index contributed by atoms with van der Waals surface area (Å²) in [4.78, 5) is 14.1. The summed E-state index contributed by atoms with van der Waals surface area (Å²) in [7, 11) is 0. The number of benzene rings is 1. The number of guanidine groups is 1. The van der Waals surface area contributed by atoms with Crippen LogP contribution in [0.2, 0.25) is 0 Å². The maximum atomic E-state index is 4.92. The van der Waals surface area contributed by atoms with Gasteiger partial charge in [-0.2, -0.15) is 5.10 Å². The minimum Gasteiger partial charge on any atom is -0.357 e. The van der Waals surface area contributed by atoms with Crippen LogP contribution in [0.1, 0.15) is 18.1 Å². The second-order valence-electron chi connectivity index (χ2n) is 7.36. The van der Waals surface area contributed by atoms with Crippen LogP contribution in [0.15, 0.2) is 72.1 Å². The highest BCUT2D eigenvalue weighted by atomic mass is 127. The summed E-state index contributed by atoms with van der Waals surface area (Å²) in [6.07, 6.45) is 5.65. The average molecular weight is 531 g/mol. The zero-order chi connectivity index (χ0) is 20.6. The Morgan fingerprint density at radius 2 is 1.84 bits per heavy atom. The molecule has 1 aliphatic rings. The molecule has 1 saturated heterocycles. The fourth-order valence-corrected chi connectivity index (χ4v) is 3.69. The highest BCUT2D eigenvalue weighted by Gasteiger charge is 2.20. The molecule has 0 unspecified atom stereocenters. The molecule has 1 fully saturated rings. The van der Waals surface area contributed by atoms with Crippen molar-refractivity contribution in [2.75, 3.05) is 37.6 Å². The van der Waals surface area contributed by atoms with Crippen molar-refractivity contribution in [2.45, 2.75) is 20.0 Å². The van der Waals surface area contributed by atoms with E-state index in [9.17, 15) is 0 Å². The molecule has 0 saturated carbocycles. The summed E-state index contributed by atoms with van der Waals surface area (Å²) >= 11 is 0. The molecule has 4 rings (SSSR count). The number of piperazine rings is 1. The zero-order valence-electron chi connectivity index (χ0n) is 17.9. The standard InChI is InChI=1S/C23H29N7.HI/c1-2-24-23(29-15-13-28(14-16-29)22-9-3-4-10-25-22)26-18-20-7-5-8-21(17-20)19-30-12-6-11-27-30;/h3-12,17H,2,13-16,18-19H2,1H3,(H,24,26);1H. The summed E-state index contributed by atoms with van der Waals surface area (Å²) in [5, 5.41) is 7.75. The van der Waals surface area contributed by atoms with E-state index < -0.39 is 0 Å². The monoisotopic (exact) mass is 531 g/mol. The number of hydrogen-bond donors (Lipinski definition) is 1. The van der Waals surface area contributed by atoms with Crippen molar-refractivity contribution in [3.05, 3.63) is 78.2 Å². The van der Waals surface area contributed by atoms with Gasteiger partial charge in [-0.05, 0) is 36.2 Å². The molecule has 0 atom stereocenters. The number of hydrogen-bond acceptors (Lipinski definition) is 4. The Morgan fingerprint density at radius 1 is 1.00 bits per heavy atom. The van der Waals surface area contributed by atoms with Gasteiger partial charge < -0.3 is 15.1 Å². The van der Waals surface area contributed by atoms with Gasteiger partial charge in [-0.1, -0.05) is 30.3 Å². The zero-order valence-corrected chi connectivity index (χ0v) is 20.2. The van der Waals surface area contributed by atoms with Gasteiger partial charge in [0.2, 0.25) is 0 Å². The fourth-order valence-electron chi connectivity index (χ4n) is 3.69. The van der Waals surface area contributed by atoms with E-state index in [0.717, 1.165) is 51.0 Å². The van der Waals surface area contributed by atoms with Crippen LogP contribution in [0.5, 0.6) is 0 Å². The first-order valence-electron chi connectivity index (χ1n) is 10.6. The summed E-state index contributed by atoms with van der Waals surface area (Å²) < 4.78 is 1.94. The molecule has 1 aliphatic heterocycles. The largest absolute Gasteiger partial charge is 0.357 e. The number of aromatic nitrogens is 3. The molecule has 0 radical (unpaired) electrons. The van der Waals surface area contributed by atoms with Gasteiger partial charge in [0.25, 0.3) is 0 Å². The van der Waals surface area contributed by atoms with Crippen molar-refractivity contribution in [3.8, 4) is 0 Å². The van der Waals surface area contributed by atoms with Gasteiger partial charge in [0, 0.05) is 51.3 Å². The topological polar surface area (TPSA) is 61.6 Å². The third-order valence-corrected chi connectivity index (χ3v) is 5.19. The normalized spacial score (nSPS) is 14.3. The molecule has 1 aromatic carbocycles. The Balaban J connectivity index is 0.00000272. The second-order valence-corrected chi connectivity index (χ2v) is 7.36. The molecule has 0 amide bonds. The van der Waals surface area contributed by atoms with Crippen molar-refractivity contribution >= 4 is 35.8 Å². The van der Waals surface area contributed by atoms with Crippen LogP contribution in [0.25, 0.3) is 0 Å². The smallest absolute Gasteiger partial charge is 0.194 e. The molecule has 3 aromatic rings. The Hall–Kier alpha value is -2.62. The van der Waals surface area contributed by atoms with Gasteiger partial charge in [0.15, 0.2) is 5.96 Å². The SMILES string of the molecule is CCNC(=NCc1cccc(Cn2cccn2)c1)N1CCN(c2ccccn2)CC1.I. The van der Waals surface area contributed by atoms with Crippen LogP contribution in [0, 0.1) is 0 Å². The molecule has 31 heavy (non-hydrogen) atoms. The summed E-state index contributed by atoms with van der Waals surface area (Å²) in [5.41, 5.74) is 2.45. The molecule has 2 aromatic heterocycles. The maximum Gasteiger partial charge on any atom is 0.194 e. The van der Waals surface area contributed by atoms with Crippen LogP contribution in [-0.4, -0.2) is 58.3 Å². The molecule has 0 spiro atoms. The van der Waals surface area contributed by atoms with E-state index in [2.05, 4.69) is 62.5 Å². The molecule has 1 N–H and O–H groups in total. The fraction of sp³-hybridized carbons (Fsp3) is 0.348. The van der Waals surface area contributed by atoms with Crippen LogP contribution in [0.3, 0.4) is 0 Å². The van der Waals surface area contributed by atoms with Crippen LogP contribution < -0.4 is 10.2 Å². The minimum atomic E-state index is 0. The van der Waals surface area contributed by atoms with Gasteiger partial charge in [-0.3, -0.25) is 4.68 Å². The Bertz CT molecular complexity index is 936. The van der Waals surface area contributed by atoms with Gasteiger partial charge >= 0.3 is 0 Å². The molecule has 164 valence electrons. The molecule has 0 bridgehead atoms. The number of nitrogens with one attached hydrogen (secondary N) is 1. The predicted molar refractivity (Wildman–Crippen MR) is 136 cm³/mol. The summed E-state index contributed by atoms with van der Waals surface area (Å²) in [6.45, 7) is 8.17. The third-order valence-electron chi connectivity index (χ3n) is 5.19. The van der Waals surface area contributed by atoms with Gasteiger partial charge in [-0.25, -0.2) is 9.98 Å². The van der Waals surface area contributed by atoms with Crippen LogP contribution >= 0.6 is 24.0 Å². The van der Waals surface area contributed by atoms with E-state index in [1.54, 1.807) is 0 Å². The number of nitrogens with zero attached hydrogens (tertiary/aromatic N) is 6. The lowest BCUT2D eigenvalue weighted by molar-refractivity contribution is 0.371. The summed E-state index contributed by atoms with van der Waals surface area (Å²) in [6, 6.07) is 16.6. The lowest BCUT2D eigenvalue weighted by Gasteiger charge is -2.37. The van der Waals surface area contributed by atoms with Crippen LogP contribution in [0.4, 0.5) is 5.82 Å². The van der Waals surface area contributed by atoms with Crippen molar-refractivity contribution in [1.29, 1.82) is 0 Å². The number of aliphatic imine (C=N–C) groups is 1. The van der Waals surface area contributed by atoms with Crippen molar-refractivity contribution in [2.24, 2.45) is 4.99 Å². The number of pyridine rings is 1. The van der Waals surface area contributed by atoms with Gasteiger partial charge in [-0.15, -0.1) is 24.0 Å². The number of rotatable bonds is 6. The minimum absolute atomic E-state index is 0. The Labute approximate surface area is 201 Å². The van der Waals surface area contributed by atoms with Crippen molar-refractivity contribution in [3.63, 3.8) is 0 Å². The first-order chi connectivity index (χ1) is 14.8. The molecule has 3 heterocycles. The maximum absolute atomic E-state index is 4.92. The first-order valence-corrected chi connectivity index (χ1v) is 10.6. The van der Waals surface area contributed by atoms with E-state index in [1.807, 2.05) is 41.5 Å². The van der Waals surface area contributed by atoms with E-state index in [1.165, 1.54) is 11.1 Å². The van der Waals surface area contributed by atoms with Gasteiger partial charge in [0.05, 0.1) is 13.1 Å². The van der Waals surface area contributed by atoms with E-state index >= 15 is 0 Å². The predicted octanol–water partition coefficient (Wildman–Crippen LogP) is 3.23. The van der Waals surface area contributed by atoms with Crippen LogP contribution in [-0.2, 0) is 13.1 Å². The number of halogens is 1. The summed E-state index contributed by atoms with van der Waals surface area (Å²) in [5.74, 6) is 2.03. The van der Waals surface area contributed by atoms with Crippen molar-refractivity contribution in [1.82, 2.24) is 25.0 Å². The molecule has 8 heteroatoms. The third kappa shape index (κ3) is 6.43. The Morgan fingerprint density at radius 3 is 2.55 bits per heavy atom. The molecule has 7 nitrogen and oxygen atoms in total. The first kappa shape index (κ1) is 23.1. The van der Waals surface area contributed by atoms with Crippen molar-refractivity contribution < 1.29 is 0 Å². The average Bonchev–Trinajstić information content (AvgIpc) is 3.31. The number of anilines is 1.